The third-order valence-electron chi connectivity index (χ3n) is 2.53. The first-order chi connectivity index (χ1) is 9.87. The molecule has 2 aromatic rings. The van der Waals surface area contributed by atoms with Crippen molar-refractivity contribution in [3.05, 3.63) is 33.5 Å². The van der Waals surface area contributed by atoms with Crippen LogP contribution in [0.3, 0.4) is 0 Å². The van der Waals surface area contributed by atoms with Gasteiger partial charge in [-0.05, 0) is 18.6 Å². The molecule has 1 aromatic carbocycles. The highest BCUT2D eigenvalue weighted by atomic mass is 35.5. The number of halogens is 2. The minimum atomic E-state index is -4.21. The van der Waals surface area contributed by atoms with E-state index in [0.29, 0.717) is 11.4 Å². The van der Waals surface area contributed by atoms with Crippen LogP contribution in [0.5, 0.6) is 0 Å². The smallest absolute Gasteiger partial charge is 0.266 e. The van der Waals surface area contributed by atoms with Gasteiger partial charge in [0.2, 0.25) is 5.13 Å². The zero-order chi connectivity index (χ0) is 15.6. The molecule has 0 bridgehead atoms. The van der Waals surface area contributed by atoms with Gasteiger partial charge in [-0.1, -0.05) is 29.9 Å². The van der Waals surface area contributed by atoms with Crippen molar-refractivity contribution in [3.8, 4) is 0 Å². The molecule has 2 N–H and O–H groups in total. The molecular weight excluding hydrogens is 341 g/mol. The fraction of sp³-hybridized carbons (Fsp3) is 0.273. The maximum Gasteiger partial charge on any atom is 0.266 e. The highest BCUT2D eigenvalue weighted by Crippen LogP contribution is 2.26. The van der Waals surface area contributed by atoms with Crippen LogP contribution in [0.4, 0.5) is 9.52 Å². The summed E-state index contributed by atoms with van der Waals surface area (Å²) in [5.74, 6) is -1.05. The van der Waals surface area contributed by atoms with E-state index in [-0.39, 0.29) is 15.7 Å². The molecular formula is C11H11ClFN3O3S2. The minimum Gasteiger partial charge on any atom is -0.392 e. The van der Waals surface area contributed by atoms with E-state index in [1.807, 2.05) is 6.92 Å². The molecule has 0 unspecified atom stereocenters. The summed E-state index contributed by atoms with van der Waals surface area (Å²) in [6, 6.07) is 2.14. The lowest BCUT2D eigenvalue weighted by molar-refractivity contribution is 0.274. The summed E-state index contributed by atoms with van der Waals surface area (Å²) >= 11 is 6.80. The van der Waals surface area contributed by atoms with Gasteiger partial charge >= 0.3 is 0 Å². The van der Waals surface area contributed by atoms with Gasteiger partial charge in [0.15, 0.2) is 0 Å². The number of aliphatic hydroxyl groups is 1. The van der Waals surface area contributed by atoms with E-state index >= 15 is 0 Å². The van der Waals surface area contributed by atoms with Gasteiger partial charge in [0.25, 0.3) is 10.0 Å². The lowest BCUT2D eigenvalue weighted by Crippen LogP contribution is -2.15. The van der Waals surface area contributed by atoms with Crippen LogP contribution in [0.2, 0.25) is 5.02 Å². The zero-order valence-electron chi connectivity index (χ0n) is 10.8. The van der Waals surface area contributed by atoms with E-state index in [1.165, 1.54) is 0 Å². The predicted octanol–water partition coefficient (Wildman–Crippen LogP) is 2.19. The van der Waals surface area contributed by atoms with Crippen molar-refractivity contribution in [1.82, 2.24) is 10.2 Å². The van der Waals surface area contributed by atoms with E-state index in [0.717, 1.165) is 23.5 Å². The van der Waals surface area contributed by atoms with Gasteiger partial charge < -0.3 is 5.11 Å². The predicted molar refractivity (Wildman–Crippen MR) is 77.4 cm³/mol. The number of aromatic nitrogens is 2. The first-order valence-electron chi connectivity index (χ1n) is 5.81. The Morgan fingerprint density at radius 3 is 2.71 bits per heavy atom. The van der Waals surface area contributed by atoms with Gasteiger partial charge in [0.05, 0.1) is 6.61 Å². The number of anilines is 1. The van der Waals surface area contributed by atoms with E-state index in [1.54, 1.807) is 0 Å². The number of nitrogens with zero attached hydrogens (tertiary/aromatic N) is 2. The number of hydrogen-bond acceptors (Lipinski definition) is 6. The van der Waals surface area contributed by atoms with Gasteiger partial charge in [0.1, 0.15) is 15.7 Å². The third kappa shape index (κ3) is 3.49. The van der Waals surface area contributed by atoms with E-state index in [9.17, 15) is 12.8 Å². The molecule has 0 aliphatic carbocycles. The van der Waals surface area contributed by atoms with Crippen molar-refractivity contribution >= 4 is 38.1 Å². The first-order valence-corrected chi connectivity index (χ1v) is 8.49. The molecule has 1 aromatic heterocycles. The second kappa shape index (κ2) is 6.22. The maximum absolute atomic E-state index is 14.1. The number of aryl methyl sites for hydroxylation is 1. The van der Waals surface area contributed by atoms with E-state index < -0.39 is 27.3 Å². The van der Waals surface area contributed by atoms with Crippen molar-refractivity contribution in [2.75, 3.05) is 4.72 Å². The number of rotatable bonds is 5. The minimum absolute atomic E-state index is 0.00679. The highest BCUT2D eigenvalue weighted by Gasteiger charge is 2.23. The molecule has 0 saturated carbocycles. The largest absolute Gasteiger partial charge is 0.392 e. The van der Waals surface area contributed by atoms with Crippen LogP contribution in [0.25, 0.3) is 0 Å². The fourth-order valence-electron chi connectivity index (χ4n) is 1.54. The number of nitrogens with one attached hydrogen (secondary N) is 1. The quantitative estimate of drug-likeness (QED) is 0.861. The lowest BCUT2D eigenvalue weighted by Gasteiger charge is -2.09. The first kappa shape index (κ1) is 16.1. The van der Waals surface area contributed by atoms with Gasteiger partial charge in [-0.25, -0.2) is 12.8 Å². The number of hydrogen-bond donors (Lipinski definition) is 2. The summed E-state index contributed by atoms with van der Waals surface area (Å²) in [6.45, 7) is 1.19. The second-order valence-electron chi connectivity index (χ2n) is 4.00. The van der Waals surface area contributed by atoms with Crippen LogP contribution in [-0.2, 0) is 23.1 Å². The summed E-state index contributed by atoms with van der Waals surface area (Å²) in [6.07, 6.45) is 0.611. The van der Waals surface area contributed by atoms with Crippen molar-refractivity contribution < 1.29 is 17.9 Å². The average Bonchev–Trinajstić information content (AvgIpc) is 2.87. The van der Waals surface area contributed by atoms with Crippen LogP contribution >= 0.6 is 22.9 Å². The fourth-order valence-corrected chi connectivity index (χ4v) is 3.90. The summed E-state index contributed by atoms with van der Waals surface area (Å²) in [5, 5.41) is 17.2. The number of benzene rings is 1. The van der Waals surface area contributed by atoms with Crippen molar-refractivity contribution in [3.63, 3.8) is 0 Å². The Morgan fingerprint density at radius 1 is 1.43 bits per heavy atom. The Bertz CT molecular complexity index is 764. The monoisotopic (exact) mass is 351 g/mol. The Balaban J connectivity index is 2.42. The average molecular weight is 352 g/mol. The Morgan fingerprint density at radius 2 is 2.14 bits per heavy atom. The number of aliphatic hydroxyl groups excluding tert-OH is 1. The summed E-state index contributed by atoms with van der Waals surface area (Å²) in [5.41, 5.74) is -0.200. The van der Waals surface area contributed by atoms with Gasteiger partial charge in [-0.3, -0.25) is 4.72 Å². The van der Waals surface area contributed by atoms with Crippen LogP contribution in [0.15, 0.2) is 17.0 Å². The molecule has 0 amide bonds. The van der Waals surface area contributed by atoms with Crippen LogP contribution in [-0.4, -0.2) is 23.7 Å². The van der Waals surface area contributed by atoms with Crippen molar-refractivity contribution in [2.45, 2.75) is 24.8 Å². The molecule has 6 nitrogen and oxygen atoms in total. The van der Waals surface area contributed by atoms with E-state index in [2.05, 4.69) is 14.9 Å². The van der Waals surface area contributed by atoms with Crippen LogP contribution < -0.4 is 4.72 Å². The topological polar surface area (TPSA) is 92.2 Å². The molecule has 0 fully saturated rings. The van der Waals surface area contributed by atoms with Gasteiger partial charge in [-0.2, -0.15) is 0 Å². The Hall–Kier alpha value is -1.29. The lowest BCUT2D eigenvalue weighted by atomic mass is 10.2. The van der Waals surface area contributed by atoms with Gasteiger partial charge in [0, 0.05) is 10.6 Å². The van der Waals surface area contributed by atoms with Crippen LogP contribution in [0.1, 0.15) is 17.5 Å². The zero-order valence-corrected chi connectivity index (χ0v) is 13.2. The Kier molecular flexibility index (Phi) is 4.77. The molecule has 0 atom stereocenters. The molecule has 0 radical (unpaired) electrons. The molecule has 1 heterocycles. The van der Waals surface area contributed by atoms with E-state index in [4.69, 9.17) is 16.7 Å². The SMILES string of the molecule is CCc1nnc(NS(=O)(=O)c2cc(Cl)cc(CO)c2F)s1. The van der Waals surface area contributed by atoms with Gasteiger partial charge in [-0.15, -0.1) is 10.2 Å². The van der Waals surface area contributed by atoms with Crippen molar-refractivity contribution in [2.24, 2.45) is 0 Å². The molecule has 114 valence electrons. The normalized spacial score (nSPS) is 11.6. The number of sulfonamides is 1. The van der Waals surface area contributed by atoms with Crippen LogP contribution in [0, 0.1) is 5.82 Å². The standard InChI is InChI=1S/C11H11ClFN3O3S2/c1-2-9-14-15-11(20-9)16-21(18,19)8-4-7(12)3-6(5-17)10(8)13/h3-4,17H,2,5H2,1H3,(H,15,16). The van der Waals surface area contributed by atoms with Crippen molar-refractivity contribution in [1.29, 1.82) is 0 Å². The molecule has 0 aliphatic rings. The third-order valence-corrected chi connectivity index (χ3v) is 5.20. The maximum atomic E-state index is 14.1. The highest BCUT2D eigenvalue weighted by molar-refractivity contribution is 7.93. The Labute approximate surface area is 129 Å². The molecule has 0 aliphatic heterocycles. The molecule has 0 saturated heterocycles. The molecule has 21 heavy (non-hydrogen) atoms. The molecule has 0 spiro atoms. The summed E-state index contributed by atoms with van der Waals surface area (Å²) in [7, 11) is -4.21. The second-order valence-corrected chi connectivity index (χ2v) is 7.14. The molecule has 10 heteroatoms. The molecule has 2 rings (SSSR count). The summed E-state index contributed by atoms with van der Waals surface area (Å²) < 4.78 is 40.6. The summed E-state index contributed by atoms with van der Waals surface area (Å²) in [4.78, 5) is -0.646.